The average molecular weight is 1540 g/mol. The largest absolute Gasteiger partial charge is 0.497 e. The Balaban J connectivity index is 0.000000214. The van der Waals surface area contributed by atoms with Crippen molar-refractivity contribution in [3.05, 3.63) is 259 Å². The third-order valence-electron chi connectivity index (χ3n) is 19.2. The maximum atomic E-state index is 11.7. The number of imidazole rings is 4. The van der Waals surface area contributed by atoms with Gasteiger partial charge >= 0.3 is 47.1 Å². The minimum atomic E-state index is -1.51. The number of pyridine rings is 1. The lowest BCUT2D eigenvalue weighted by molar-refractivity contribution is -0.389. The first-order valence-electron chi connectivity index (χ1n) is 32.5. The summed E-state index contributed by atoms with van der Waals surface area (Å²) in [5.74, 6) is -1.89. The fourth-order valence-electron chi connectivity index (χ4n) is 12.2. The van der Waals surface area contributed by atoms with Crippen molar-refractivity contribution >= 4 is 70.5 Å². The van der Waals surface area contributed by atoms with Crippen molar-refractivity contribution in [1.29, 1.82) is 0 Å². The van der Waals surface area contributed by atoms with Gasteiger partial charge in [-0.1, -0.05) is 54.6 Å². The highest BCUT2D eigenvalue weighted by Crippen LogP contribution is 2.43. The second-order valence-electron chi connectivity index (χ2n) is 25.0. The molecule has 9 atom stereocenters. The van der Waals surface area contributed by atoms with Crippen LogP contribution in [0.3, 0.4) is 0 Å². The SMILES string of the molecule is C=CC1CN2CCC1CC2[C@H](O)c1ccnc2ccc(OC)cc12.COc1ccc(C(C)(C(=O)O)n2cnc([N+](=O)[O-])c2)cc1.COc1ccc(C(C)(C(=O)O)n2cnc([N+](=O)[O-])c2)cc1.COc1ccc([C@](C)(C(=O)O)n2cnc([N+](=O)[O-])c2)cc1.COc1ccc([C@](C)(C(=O)O)n2cnc([N+](=O)[O-])c2)cc1.Cl.O. The molecule has 13 rings (SSSR count). The second-order valence-corrected chi connectivity index (χ2v) is 25.0. The number of carbonyl (C=O) groups is 4. The Hall–Kier alpha value is -13.3. The minimum Gasteiger partial charge on any atom is -0.497 e. The molecule has 582 valence electrons. The van der Waals surface area contributed by atoms with Gasteiger partial charge in [0.15, 0.2) is 22.2 Å². The zero-order chi connectivity index (χ0) is 79.2. The lowest BCUT2D eigenvalue weighted by Crippen LogP contribution is -2.54. The molecule has 0 spiro atoms. The molecule has 8 heterocycles. The number of aliphatic carboxylic acids is 4. The van der Waals surface area contributed by atoms with Crippen LogP contribution in [0.5, 0.6) is 28.7 Å². The topological polar surface area (TPSA) is 507 Å². The Morgan fingerprint density at radius 2 is 0.782 bits per heavy atom. The van der Waals surface area contributed by atoms with Crippen molar-refractivity contribution in [2.24, 2.45) is 11.8 Å². The van der Waals surface area contributed by atoms with Crippen LogP contribution in [0.25, 0.3) is 10.9 Å². The number of hydrogen-bond donors (Lipinski definition) is 5. The molecule has 0 radical (unpaired) electrons. The zero-order valence-corrected chi connectivity index (χ0v) is 61.3. The van der Waals surface area contributed by atoms with Gasteiger partial charge in [-0.05, 0) is 199 Å². The summed E-state index contributed by atoms with van der Waals surface area (Å²) in [6.07, 6.45) is 14.5. The molecule has 3 aliphatic rings. The number of aliphatic hydroxyl groups is 1. The van der Waals surface area contributed by atoms with E-state index < -0.39 is 95.1 Å². The summed E-state index contributed by atoms with van der Waals surface area (Å²) in [5, 5.41) is 93.2. The van der Waals surface area contributed by atoms with Crippen molar-refractivity contribution in [3.8, 4) is 28.7 Å². The van der Waals surface area contributed by atoms with Crippen LogP contribution in [0.2, 0.25) is 0 Å². The quantitative estimate of drug-likeness (QED) is 0.0213. The van der Waals surface area contributed by atoms with Gasteiger partial charge in [0.1, 0.15) is 53.5 Å². The molecule has 5 aromatic carbocycles. The molecule has 2 bridgehead atoms. The molecule has 38 heteroatoms. The molecule has 3 fully saturated rings. The van der Waals surface area contributed by atoms with Crippen LogP contribution in [-0.2, 0) is 41.3 Å². The number of nitrogens with zero attached hydrogens (tertiary/aromatic N) is 14. The molecule has 37 nitrogen and oxygen atoms in total. The smallest absolute Gasteiger partial charge is 0.381 e. The number of methoxy groups -OCH3 is 5. The summed E-state index contributed by atoms with van der Waals surface area (Å²) in [6.45, 7) is 11.9. The second kappa shape index (κ2) is 36.4. The lowest BCUT2D eigenvalue weighted by atomic mass is 9.73. The van der Waals surface area contributed by atoms with E-state index in [1.54, 1.807) is 110 Å². The third-order valence-corrected chi connectivity index (χ3v) is 19.2. The number of fused-ring (bicyclic) bond motifs is 4. The highest BCUT2D eigenvalue weighted by Gasteiger charge is 2.45. The number of halogens is 1. The highest BCUT2D eigenvalue weighted by atomic mass is 35.5. The molecular formula is C72H79ClN14O23. The summed E-state index contributed by atoms with van der Waals surface area (Å²) >= 11 is 0. The van der Waals surface area contributed by atoms with E-state index in [-0.39, 0.29) is 23.9 Å². The predicted octanol–water partition coefficient (Wildman–Crippen LogP) is 9.36. The van der Waals surface area contributed by atoms with Gasteiger partial charge in [-0.3, -0.25) is 28.2 Å². The number of rotatable bonds is 24. The Bertz CT molecular complexity index is 4420. The standard InChI is InChI=1S/C20H24N2O2.4C13H13N3O5.ClH.H2O/c1-3-13-12-22-9-7-14(13)10-19(22)20(23)16-6-8-21-18-5-4-15(24-2)11-17(16)18;4*1-13(12(17)18,9-3-5-10(21-2)6-4-9)15-7-11(14-8-15)16(19)20;;/h3-6,8,11,13-14,19-20,23H,1,7,9-10,12H2,2H3;4*3-8H,1-2H3,(H,17,18);1H;1H2/t13?,14?,19?,20-;2*13-;;;;/m111..../s1. The van der Waals surface area contributed by atoms with E-state index >= 15 is 0 Å². The van der Waals surface area contributed by atoms with E-state index in [9.17, 15) is 85.2 Å². The van der Waals surface area contributed by atoms with Gasteiger partial charge in [0.25, 0.3) is 0 Å². The van der Waals surface area contributed by atoms with Crippen molar-refractivity contribution in [3.63, 3.8) is 0 Å². The fraction of sp³-hybridized carbons (Fsp3) is 0.292. The monoisotopic (exact) mass is 1540 g/mol. The van der Waals surface area contributed by atoms with Crippen LogP contribution in [0.1, 0.15) is 74.5 Å². The van der Waals surface area contributed by atoms with Gasteiger partial charge in [-0.15, -0.1) is 19.0 Å². The molecule has 7 N–H and O–H groups in total. The molecule has 0 saturated carbocycles. The molecular weight excluding hydrogens is 1460 g/mol. The maximum absolute atomic E-state index is 11.7. The highest BCUT2D eigenvalue weighted by molar-refractivity contribution is 5.86. The number of piperidine rings is 3. The molecule has 0 aliphatic carbocycles. The number of ether oxygens (including phenoxy) is 5. The zero-order valence-electron chi connectivity index (χ0n) is 60.5. The number of carboxylic acid groups (broad SMARTS) is 4. The van der Waals surface area contributed by atoms with Crippen LogP contribution in [0.15, 0.2) is 190 Å². The van der Waals surface area contributed by atoms with Gasteiger partial charge in [0.05, 0.1) is 47.2 Å². The normalized spacial score (nSPS) is 16.9. The Labute approximate surface area is 632 Å². The van der Waals surface area contributed by atoms with Crippen molar-refractivity contribution in [1.82, 2.24) is 48.1 Å². The van der Waals surface area contributed by atoms with E-state index in [2.05, 4.69) is 42.5 Å². The van der Waals surface area contributed by atoms with Crippen molar-refractivity contribution in [2.75, 3.05) is 48.6 Å². The fourth-order valence-corrected chi connectivity index (χ4v) is 12.2. The first-order chi connectivity index (χ1) is 51.3. The van der Waals surface area contributed by atoms with Crippen LogP contribution in [0, 0.1) is 52.3 Å². The van der Waals surface area contributed by atoms with E-state index in [0.717, 1.165) is 91.8 Å². The first-order valence-corrected chi connectivity index (χ1v) is 32.5. The van der Waals surface area contributed by atoms with Gasteiger partial charge in [-0.25, -0.2) is 19.2 Å². The van der Waals surface area contributed by atoms with E-state index in [4.69, 9.17) is 23.7 Å². The molecule has 10 aromatic rings. The Morgan fingerprint density at radius 1 is 0.491 bits per heavy atom. The Morgan fingerprint density at radius 3 is 1.02 bits per heavy atom. The van der Waals surface area contributed by atoms with Gasteiger partial charge in [0.2, 0.25) is 25.3 Å². The van der Waals surface area contributed by atoms with Crippen molar-refractivity contribution < 1.29 is 93.6 Å². The molecule has 0 amide bonds. The van der Waals surface area contributed by atoms with Crippen molar-refractivity contribution in [2.45, 2.75) is 74.8 Å². The van der Waals surface area contributed by atoms with Gasteiger partial charge in [0, 0.05) is 24.2 Å². The number of hydrogen-bond acceptors (Lipinski definition) is 24. The van der Waals surface area contributed by atoms with E-state index in [1.807, 2.05) is 24.3 Å². The van der Waals surface area contributed by atoms with E-state index in [1.165, 1.54) is 80.8 Å². The summed E-state index contributed by atoms with van der Waals surface area (Å²) in [4.78, 5) is 108. The third kappa shape index (κ3) is 18.1. The Kier molecular flexibility index (Phi) is 28.3. The average Bonchev–Trinajstić information content (AvgIpc) is 0.988. The van der Waals surface area contributed by atoms with Gasteiger partial charge < -0.3 is 95.2 Å². The van der Waals surface area contributed by atoms with Crippen LogP contribution in [0.4, 0.5) is 23.3 Å². The number of carboxylic acids is 4. The number of nitro groups is 4. The lowest BCUT2D eigenvalue weighted by Gasteiger charge is -2.50. The molecule has 6 unspecified atom stereocenters. The summed E-state index contributed by atoms with van der Waals surface area (Å²) in [6, 6.07) is 33.7. The van der Waals surface area contributed by atoms with Crippen LogP contribution >= 0.6 is 12.4 Å². The van der Waals surface area contributed by atoms with Crippen LogP contribution in [-0.4, -0.2) is 177 Å². The minimum absolute atomic E-state index is 0. The number of aromatic nitrogens is 9. The number of aliphatic hydroxyl groups excluding tert-OH is 1. The summed E-state index contributed by atoms with van der Waals surface area (Å²) < 4.78 is 30.3. The summed E-state index contributed by atoms with van der Waals surface area (Å²) in [5.41, 5.74) is -2.39. The van der Waals surface area contributed by atoms with Crippen LogP contribution < -0.4 is 23.7 Å². The number of benzene rings is 5. The molecule has 110 heavy (non-hydrogen) atoms. The van der Waals surface area contributed by atoms with E-state index in [0.29, 0.717) is 57.1 Å². The summed E-state index contributed by atoms with van der Waals surface area (Å²) in [7, 11) is 7.68. The first kappa shape index (κ1) is 85.7. The molecule has 3 saturated heterocycles. The predicted molar refractivity (Wildman–Crippen MR) is 395 cm³/mol. The molecule has 3 aliphatic heterocycles. The maximum Gasteiger partial charge on any atom is 0.381 e. The molecule has 5 aromatic heterocycles. The van der Waals surface area contributed by atoms with Gasteiger partial charge in [-0.2, -0.15) is 0 Å².